The lowest BCUT2D eigenvalue weighted by molar-refractivity contribution is 0.128. The molecule has 1 aromatic heterocycles. The zero-order valence-corrected chi connectivity index (χ0v) is 11.2. The maximum atomic E-state index is 13.5. The molecule has 0 fully saturated rings. The summed E-state index contributed by atoms with van der Waals surface area (Å²) in [7, 11) is 1.58. The minimum Gasteiger partial charge on any atom is -0.389 e. The number of benzene rings is 1. The van der Waals surface area contributed by atoms with E-state index in [0.29, 0.717) is 29.9 Å². The Labute approximate surface area is 116 Å². The summed E-state index contributed by atoms with van der Waals surface area (Å²) in [5, 5.41) is 4.48. The number of nitrogens with two attached hydrogens (primary N) is 1. The van der Waals surface area contributed by atoms with Crippen LogP contribution >= 0.6 is 0 Å². The number of nitrogens with zero attached hydrogens (tertiary/aromatic N) is 2. The first-order valence-corrected chi connectivity index (χ1v) is 6.17. The fourth-order valence-electron chi connectivity index (χ4n) is 1.77. The van der Waals surface area contributed by atoms with Gasteiger partial charge in [0.25, 0.3) is 0 Å². The number of halogens is 1. The molecule has 1 heterocycles. The second kappa shape index (κ2) is 6.81. The summed E-state index contributed by atoms with van der Waals surface area (Å²) in [6.45, 7) is 0.585. The summed E-state index contributed by atoms with van der Waals surface area (Å²) < 4.78 is 18.4. The van der Waals surface area contributed by atoms with Crippen LogP contribution < -0.4 is 5.73 Å². The van der Waals surface area contributed by atoms with Gasteiger partial charge in [0.05, 0.1) is 12.1 Å². The van der Waals surface area contributed by atoms with Crippen molar-refractivity contribution in [2.45, 2.75) is 13.0 Å². The molecular formula is C14H16FN3O2. The number of aromatic nitrogens is 1. The van der Waals surface area contributed by atoms with Gasteiger partial charge in [-0.3, -0.25) is 4.98 Å². The van der Waals surface area contributed by atoms with Crippen molar-refractivity contribution < 1.29 is 14.0 Å². The highest BCUT2D eigenvalue weighted by atomic mass is 19.1. The summed E-state index contributed by atoms with van der Waals surface area (Å²) in [6, 6.07) is 6.37. The standard InChI is InChI=1S/C14H16FN3O2/c1-19-6-4-13(16)18-20-9-11-8-12(15)7-10-3-2-5-17-14(10)11/h2-3,5,7-8H,4,6,9H2,1H3,(H2,16,18). The molecule has 6 heteroatoms. The number of methoxy groups -OCH3 is 1. The number of amidine groups is 1. The summed E-state index contributed by atoms with van der Waals surface area (Å²) in [5.74, 6) is 0.000882. The first-order valence-electron chi connectivity index (χ1n) is 6.17. The van der Waals surface area contributed by atoms with Crippen LogP contribution in [0.4, 0.5) is 4.39 Å². The molecular weight excluding hydrogens is 261 g/mol. The largest absolute Gasteiger partial charge is 0.389 e. The summed E-state index contributed by atoms with van der Waals surface area (Å²) >= 11 is 0. The third-order valence-corrected chi connectivity index (χ3v) is 2.71. The summed E-state index contributed by atoms with van der Waals surface area (Å²) in [6.07, 6.45) is 2.14. The molecule has 1 aromatic carbocycles. The topological polar surface area (TPSA) is 69.7 Å². The van der Waals surface area contributed by atoms with Crippen molar-refractivity contribution in [1.29, 1.82) is 0 Å². The molecule has 0 atom stereocenters. The molecule has 106 valence electrons. The lowest BCUT2D eigenvalue weighted by atomic mass is 10.1. The maximum Gasteiger partial charge on any atom is 0.144 e. The van der Waals surface area contributed by atoms with Crippen LogP contribution in [0.3, 0.4) is 0 Å². The predicted molar refractivity (Wildman–Crippen MR) is 74.6 cm³/mol. The molecule has 2 aromatic rings. The van der Waals surface area contributed by atoms with Gasteiger partial charge in [-0.25, -0.2) is 4.39 Å². The predicted octanol–water partition coefficient (Wildman–Crippen LogP) is 2.20. The Kier molecular flexibility index (Phi) is 4.84. The van der Waals surface area contributed by atoms with Crippen LogP contribution in [0.25, 0.3) is 10.9 Å². The van der Waals surface area contributed by atoms with Gasteiger partial charge in [0.1, 0.15) is 18.3 Å². The lowest BCUT2D eigenvalue weighted by Crippen LogP contribution is -2.14. The fraction of sp³-hybridized carbons (Fsp3) is 0.286. The number of hydrogen-bond acceptors (Lipinski definition) is 4. The second-order valence-electron chi connectivity index (χ2n) is 4.24. The minimum atomic E-state index is -0.333. The van der Waals surface area contributed by atoms with Gasteiger partial charge in [-0.15, -0.1) is 0 Å². The van der Waals surface area contributed by atoms with E-state index in [1.807, 2.05) is 0 Å². The normalized spacial score (nSPS) is 11.8. The highest BCUT2D eigenvalue weighted by Gasteiger charge is 2.06. The van der Waals surface area contributed by atoms with Crippen LogP contribution in [0, 0.1) is 5.82 Å². The fourth-order valence-corrected chi connectivity index (χ4v) is 1.77. The monoisotopic (exact) mass is 277 g/mol. The number of hydrogen-bond donors (Lipinski definition) is 1. The number of rotatable bonds is 6. The van der Waals surface area contributed by atoms with E-state index in [2.05, 4.69) is 10.1 Å². The first kappa shape index (κ1) is 14.2. The van der Waals surface area contributed by atoms with Crippen LogP contribution in [0.5, 0.6) is 0 Å². The molecule has 0 radical (unpaired) electrons. The minimum absolute atomic E-state index is 0.110. The maximum absolute atomic E-state index is 13.5. The average Bonchev–Trinajstić information content (AvgIpc) is 2.45. The third kappa shape index (κ3) is 3.64. The van der Waals surface area contributed by atoms with Crippen LogP contribution in [0.15, 0.2) is 35.6 Å². The SMILES string of the molecule is COCC/C(N)=N/OCc1cc(F)cc2cccnc12. The Morgan fingerprint density at radius 2 is 2.30 bits per heavy atom. The van der Waals surface area contributed by atoms with Crippen molar-refractivity contribution in [2.75, 3.05) is 13.7 Å². The van der Waals surface area contributed by atoms with Gasteiger partial charge >= 0.3 is 0 Å². The van der Waals surface area contributed by atoms with E-state index >= 15 is 0 Å². The Morgan fingerprint density at radius 1 is 1.45 bits per heavy atom. The smallest absolute Gasteiger partial charge is 0.144 e. The molecule has 0 aliphatic carbocycles. The van der Waals surface area contributed by atoms with Crippen LogP contribution in [0.2, 0.25) is 0 Å². The van der Waals surface area contributed by atoms with Crippen molar-refractivity contribution in [1.82, 2.24) is 4.98 Å². The van der Waals surface area contributed by atoms with Gasteiger partial charge in [0, 0.05) is 30.7 Å². The van der Waals surface area contributed by atoms with Gasteiger partial charge in [0.2, 0.25) is 0 Å². The average molecular weight is 277 g/mol. The van der Waals surface area contributed by atoms with Crippen molar-refractivity contribution in [3.63, 3.8) is 0 Å². The van der Waals surface area contributed by atoms with Crippen LogP contribution in [-0.4, -0.2) is 24.5 Å². The van der Waals surface area contributed by atoms with E-state index in [0.717, 1.165) is 5.39 Å². The van der Waals surface area contributed by atoms with E-state index in [-0.39, 0.29) is 12.4 Å². The molecule has 2 rings (SSSR count). The molecule has 5 nitrogen and oxygen atoms in total. The van der Waals surface area contributed by atoms with Crippen LogP contribution in [0.1, 0.15) is 12.0 Å². The highest BCUT2D eigenvalue weighted by molar-refractivity contribution is 5.81. The van der Waals surface area contributed by atoms with Gasteiger partial charge in [0.15, 0.2) is 0 Å². The molecule has 0 aliphatic heterocycles. The van der Waals surface area contributed by atoms with Crippen molar-refractivity contribution >= 4 is 16.7 Å². The Balaban J connectivity index is 2.10. The number of oxime groups is 1. The lowest BCUT2D eigenvalue weighted by Gasteiger charge is -2.06. The molecule has 0 saturated heterocycles. The van der Waals surface area contributed by atoms with Crippen LogP contribution in [-0.2, 0) is 16.2 Å². The molecule has 20 heavy (non-hydrogen) atoms. The van der Waals surface area contributed by atoms with Gasteiger partial charge in [-0.2, -0.15) is 0 Å². The quantitative estimate of drug-likeness (QED) is 0.499. The van der Waals surface area contributed by atoms with Crippen molar-refractivity contribution in [3.05, 3.63) is 41.8 Å². The molecule has 0 unspecified atom stereocenters. The van der Waals surface area contributed by atoms with Gasteiger partial charge < -0.3 is 15.3 Å². The molecule has 0 amide bonds. The van der Waals surface area contributed by atoms with E-state index in [1.54, 1.807) is 25.4 Å². The zero-order chi connectivity index (χ0) is 14.4. The summed E-state index contributed by atoms with van der Waals surface area (Å²) in [5.41, 5.74) is 6.94. The van der Waals surface area contributed by atoms with E-state index in [1.165, 1.54) is 12.1 Å². The molecule has 0 aliphatic rings. The van der Waals surface area contributed by atoms with Crippen molar-refractivity contribution in [2.24, 2.45) is 10.9 Å². The Bertz CT molecular complexity index is 616. The van der Waals surface area contributed by atoms with Gasteiger partial charge in [-0.05, 0) is 18.2 Å². The Morgan fingerprint density at radius 3 is 3.10 bits per heavy atom. The number of ether oxygens (including phenoxy) is 1. The van der Waals surface area contributed by atoms with Gasteiger partial charge in [-0.1, -0.05) is 11.2 Å². The first-order chi connectivity index (χ1) is 9.70. The van der Waals surface area contributed by atoms with Crippen molar-refractivity contribution in [3.8, 4) is 0 Å². The second-order valence-corrected chi connectivity index (χ2v) is 4.24. The molecule has 0 saturated carbocycles. The molecule has 0 spiro atoms. The molecule has 0 bridgehead atoms. The van der Waals surface area contributed by atoms with E-state index in [4.69, 9.17) is 15.3 Å². The van der Waals surface area contributed by atoms with E-state index in [9.17, 15) is 4.39 Å². The molecule has 2 N–H and O–H groups in total. The highest BCUT2D eigenvalue weighted by Crippen LogP contribution is 2.19. The number of pyridine rings is 1. The Hall–Kier alpha value is -2.21. The summed E-state index contributed by atoms with van der Waals surface area (Å²) in [4.78, 5) is 9.37. The third-order valence-electron chi connectivity index (χ3n) is 2.71. The zero-order valence-electron chi connectivity index (χ0n) is 11.2. The van der Waals surface area contributed by atoms with E-state index < -0.39 is 0 Å². The number of fused-ring (bicyclic) bond motifs is 1.